The molecule has 1 heterocycles. The zero-order chi connectivity index (χ0) is 11.3. The molecule has 2 heteroatoms. The van der Waals surface area contributed by atoms with Crippen LogP contribution in [0.25, 0.3) is 0 Å². The van der Waals surface area contributed by atoms with Crippen LogP contribution in [0.5, 0.6) is 5.75 Å². The van der Waals surface area contributed by atoms with Crippen molar-refractivity contribution in [1.29, 1.82) is 0 Å². The van der Waals surface area contributed by atoms with Gasteiger partial charge in [0.05, 0.1) is 0 Å². The van der Waals surface area contributed by atoms with Gasteiger partial charge in [-0.2, -0.15) is 0 Å². The molecule has 1 aromatic rings. The smallest absolute Gasteiger partial charge is 0.170 e. The van der Waals surface area contributed by atoms with Gasteiger partial charge in [0.15, 0.2) is 5.67 Å². The Bertz CT molecular complexity index is 388. The van der Waals surface area contributed by atoms with Crippen LogP contribution in [0.15, 0.2) is 18.2 Å². The molecule has 1 aliphatic rings. The molecule has 0 saturated carbocycles. The third-order valence-corrected chi connectivity index (χ3v) is 2.87. The molecule has 0 aromatic heterocycles. The second-order valence-electron chi connectivity index (χ2n) is 5.42. The summed E-state index contributed by atoms with van der Waals surface area (Å²) in [6.07, 6.45) is 0. The maximum Gasteiger partial charge on any atom is 0.170 e. The first kappa shape index (κ1) is 10.5. The predicted molar refractivity (Wildman–Crippen MR) is 59.1 cm³/mol. The van der Waals surface area contributed by atoms with Crippen LogP contribution in [-0.4, -0.2) is 6.61 Å². The van der Waals surface area contributed by atoms with Crippen LogP contribution in [0.1, 0.15) is 38.8 Å². The maximum atomic E-state index is 14.0. The summed E-state index contributed by atoms with van der Waals surface area (Å²) in [6.45, 7) is 8.04. The van der Waals surface area contributed by atoms with Gasteiger partial charge in [-0.25, -0.2) is 4.39 Å². The van der Waals surface area contributed by atoms with E-state index >= 15 is 0 Å². The summed E-state index contributed by atoms with van der Waals surface area (Å²) >= 11 is 0. The summed E-state index contributed by atoms with van der Waals surface area (Å²) in [5.41, 5.74) is 0.429. The number of rotatable bonds is 0. The highest BCUT2D eigenvalue weighted by atomic mass is 19.1. The SMILES string of the molecule is CC(C)(C)c1cccc2c1OCC2(C)F. The Labute approximate surface area is 90.3 Å². The number of ether oxygens (including phenoxy) is 1. The number of para-hydroxylation sites is 1. The van der Waals surface area contributed by atoms with Gasteiger partial charge in [0.25, 0.3) is 0 Å². The normalized spacial score (nSPS) is 24.9. The Kier molecular flexibility index (Phi) is 2.07. The monoisotopic (exact) mass is 208 g/mol. The van der Waals surface area contributed by atoms with Crippen LogP contribution in [0.2, 0.25) is 0 Å². The largest absolute Gasteiger partial charge is 0.489 e. The summed E-state index contributed by atoms with van der Waals surface area (Å²) in [5, 5.41) is 0. The van der Waals surface area contributed by atoms with Crippen molar-refractivity contribution in [2.45, 2.75) is 38.8 Å². The van der Waals surface area contributed by atoms with Crippen LogP contribution in [0.4, 0.5) is 4.39 Å². The molecular formula is C13H17FO. The topological polar surface area (TPSA) is 9.23 Å². The van der Waals surface area contributed by atoms with Crippen LogP contribution < -0.4 is 4.74 Å². The van der Waals surface area contributed by atoms with Crippen molar-refractivity contribution in [3.8, 4) is 5.75 Å². The maximum absolute atomic E-state index is 14.0. The van der Waals surface area contributed by atoms with E-state index in [1.165, 1.54) is 0 Å². The lowest BCUT2D eigenvalue weighted by Crippen LogP contribution is -2.16. The quantitative estimate of drug-likeness (QED) is 0.633. The highest BCUT2D eigenvalue weighted by Crippen LogP contribution is 2.45. The van der Waals surface area contributed by atoms with Crippen molar-refractivity contribution in [2.75, 3.05) is 6.61 Å². The predicted octanol–water partition coefficient (Wildman–Crippen LogP) is 3.56. The van der Waals surface area contributed by atoms with E-state index in [9.17, 15) is 4.39 Å². The first-order chi connectivity index (χ1) is 6.82. The molecule has 0 bridgehead atoms. The molecule has 1 aromatic carbocycles. The van der Waals surface area contributed by atoms with Gasteiger partial charge in [-0.15, -0.1) is 0 Å². The Morgan fingerprint density at radius 1 is 1.33 bits per heavy atom. The first-order valence-corrected chi connectivity index (χ1v) is 5.28. The second kappa shape index (κ2) is 2.97. The van der Waals surface area contributed by atoms with Gasteiger partial charge in [0.2, 0.25) is 0 Å². The van der Waals surface area contributed by atoms with Crippen LogP contribution in [-0.2, 0) is 11.1 Å². The molecule has 0 radical (unpaired) electrons. The fraction of sp³-hybridized carbons (Fsp3) is 0.538. The molecule has 15 heavy (non-hydrogen) atoms. The summed E-state index contributed by atoms with van der Waals surface area (Å²) < 4.78 is 19.5. The fourth-order valence-corrected chi connectivity index (χ4v) is 1.98. The number of alkyl halides is 1. The lowest BCUT2D eigenvalue weighted by molar-refractivity contribution is 0.140. The van der Waals surface area contributed by atoms with Crippen molar-refractivity contribution in [3.63, 3.8) is 0 Å². The molecule has 1 nitrogen and oxygen atoms in total. The number of halogens is 1. The van der Waals surface area contributed by atoms with E-state index in [1.54, 1.807) is 6.92 Å². The Morgan fingerprint density at radius 2 is 2.00 bits per heavy atom. The van der Waals surface area contributed by atoms with E-state index in [0.717, 1.165) is 11.3 Å². The van der Waals surface area contributed by atoms with Gasteiger partial charge in [-0.1, -0.05) is 39.0 Å². The standard InChI is InChI=1S/C13H17FO/c1-12(2,3)9-6-5-7-10-11(9)15-8-13(10,4)14/h5-7H,8H2,1-4H3. The average Bonchev–Trinajstić information content (AvgIpc) is 2.41. The average molecular weight is 208 g/mol. The van der Waals surface area contributed by atoms with E-state index in [0.29, 0.717) is 5.56 Å². The van der Waals surface area contributed by atoms with Crippen molar-refractivity contribution in [1.82, 2.24) is 0 Å². The third kappa shape index (κ3) is 1.62. The van der Waals surface area contributed by atoms with Gasteiger partial charge in [-0.3, -0.25) is 0 Å². The molecular weight excluding hydrogens is 191 g/mol. The molecule has 82 valence electrons. The minimum Gasteiger partial charge on any atom is -0.489 e. The van der Waals surface area contributed by atoms with E-state index in [1.807, 2.05) is 18.2 Å². The van der Waals surface area contributed by atoms with Gasteiger partial charge < -0.3 is 4.74 Å². The molecule has 0 aliphatic carbocycles. The van der Waals surface area contributed by atoms with Crippen LogP contribution in [0.3, 0.4) is 0 Å². The molecule has 2 rings (SSSR count). The number of hydrogen-bond acceptors (Lipinski definition) is 1. The lowest BCUT2D eigenvalue weighted by atomic mass is 9.84. The fourth-order valence-electron chi connectivity index (χ4n) is 1.98. The zero-order valence-electron chi connectivity index (χ0n) is 9.73. The number of fused-ring (bicyclic) bond motifs is 1. The first-order valence-electron chi connectivity index (χ1n) is 5.28. The van der Waals surface area contributed by atoms with E-state index in [-0.39, 0.29) is 12.0 Å². The van der Waals surface area contributed by atoms with E-state index in [4.69, 9.17) is 4.74 Å². The molecule has 0 saturated heterocycles. The van der Waals surface area contributed by atoms with Gasteiger partial charge in [0.1, 0.15) is 12.4 Å². The van der Waals surface area contributed by atoms with Crippen molar-refractivity contribution < 1.29 is 9.13 Å². The third-order valence-electron chi connectivity index (χ3n) is 2.87. The van der Waals surface area contributed by atoms with E-state index < -0.39 is 5.67 Å². The number of hydrogen-bond donors (Lipinski definition) is 0. The molecule has 0 spiro atoms. The van der Waals surface area contributed by atoms with Gasteiger partial charge >= 0.3 is 0 Å². The summed E-state index contributed by atoms with van der Waals surface area (Å²) in [4.78, 5) is 0. The molecule has 0 N–H and O–H groups in total. The second-order valence-corrected chi connectivity index (χ2v) is 5.42. The highest BCUT2D eigenvalue weighted by Gasteiger charge is 2.39. The zero-order valence-corrected chi connectivity index (χ0v) is 9.73. The molecule has 1 unspecified atom stereocenters. The Hall–Kier alpha value is -1.05. The van der Waals surface area contributed by atoms with Gasteiger partial charge in [-0.05, 0) is 17.9 Å². The van der Waals surface area contributed by atoms with E-state index in [2.05, 4.69) is 20.8 Å². The summed E-state index contributed by atoms with van der Waals surface area (Å²) in [6, 6.07) is 5.74. The van der Waals surface area contributed by atoms with Crippen molar-refractivity contribution in [2.24, 2.45) is 0 Å². The minimum atomic E-state index is -1.34. The summed E-state index contributed by atoms with van der Waals surface area (Å²) in [7, 11) is 0. The van der Waals surface area contributed by atoms with Crippen molar-refractivity contribution in [3.05, 3.63) is 29.3 Å². The molecule has 1 aliphatic heterocycles. The summed E-state index contributed by atoms with van der Waals surface area (Å²) in [5.74, 6) is 0.745. The molecule has 1 atom stereocenters. The lowest BCUT2D eigenvalue weighted by Gasteiger charge is -2.21. The van der Waals surface area contributed by atoms with Crippen molar-refractivity contribution >= 4 is 0 Å². The molecule has 0 fully saturated rings. The number of benzene rings is 1. The highest BCUT2D eigenvalue weighted by molar-refractivity contribution is 5.50. The Balaban J connectivity index is 2.60. The minimum absolute atomic E-state index is 0.00817. The van der Waals surface area contributed by atoms with Gasteiger partial charge in [0, 0.05) is 5.56 Å². The molecule has 0 amide bonds. The Morgan fingerprint density at radius 3 is 2.60 bits per heavy atom. The van der Waals surface area contributed by atoms with Crippen LogP contribution >= 0.6 is 0 Å². The van der Waals surface area contributed by atoms with Crippen LogP contribution in [0, 0.1) is 0 Å².